The Morgan fingerprint density at radius 2 is 1.86 bits per heavy atom. The number of ether oxygens (including phenoxy) is 2. The van der Waals surface area contributed by atoms with Crippen LogP contribution in [-0.2, 0) is 34.0 Å². The molecule has 2 aliphatic heterocycles. The fourth-order valence-electron chi connectivity index (χ4n) is 9.72. The number of carbonyl (C=O) groups is 2. The fourth-order valence-corrected chi connectivity index (χ4v) is 9.72. The molecule has 1 saturated heterocycles. The molecule has 0 aromatic heterocycles. The molecule has 2 N–H and O–H groups in total. The van der Waals surface area contributed by atoms with Crippen molar-refractivity contribution in [3.05, 3.63) is 88.5 Å². The Balaban J connectivity index is 1.24. The van der Waals surface area contributed by atoms with E-state index in [1.165, 1.54) is 30.7 Å². The van der Waals surface area contributed by atoms with Crippen molar-refractivity contribution < 1.29 is 41.8 Å². The molecule has 2 bridgehead atoms. The number of alkyl halides is 3. The Labute approximate surface area is 290 Å². The Morgan fingerprint density at radius 3 is 2.54 bits per heavy atom. The van der Waals surface area contributed by atoms with E-state index in [4.69, 9.17) is 9.47 Å². The summed E-state index contributed by atoms with van der Waals surface area (Å²) in [6.07, 6.45) is -1.10. The summed E-state index contributed by atoms with van der Waals surface area (Å²) in [6.45, 7) is 8.72. The number of halogens is 3. The smallest absolute Gasteiger partial charge is 0.416 e. The van der Waals surface area contributed by atoms with E-state index in [0.717, 1.165) is 66.6 Å². The molecule has 3 aromatic carbocycles. The summed E-state index contributed by atoms with van der Waals surface area (Å²) in [5.74, 6) is 5.56. The molecular weight excluding hydrogens is 645 g/mol. The molecule has 4 aliphatic rings. The van der Waals surface area contributed by atoms with Crippen molar-refractivity contribution in [1.82, 2.24) is 5.32 Å². The van der Waals surface area contributed by atoms with Crippen LogP contribution in [0.15, 0.2) is 60.7 Å². The van der Waals surface area contributed by atoms with Gasteiger partial charge in [0.15, 0.2) is 11.5 Å². The highest BCUT2D eigenvalue weighted by atomic mass is 19.4. The van der Waals surface area contributed by atoms with Gasteiger partial charge in [0, 0.05) is 66.7 Å². The van der Waals surface area contributed by atoms with Gasteiger partial charge in [-0.05, 0) is 42.7 Å². The van der Waals surface area contributed by atoms with Gasteiger partial charge in [0.25, 0.3) is 5.91 Å². The minimum atomic E-state index is -4.46. The Morgan fingerprint density at radius 1 is 1.12 bits per heavy atom. The molecule has 1 amide bonds. The SMILES string of the molecule is CC(=O)Oc1cc(O)c2c3c1O[C@H]1[C@H](NC(=O)C#Cc4ccc(C(F)(F)F)cc4)CC[C@H]4[C@@H](C2)[N+](CCc2ccccc2)(CC(C)C)CC[C@@]341. The molecule has 50 heavy (non-hydrogen) atoms. The Hall–Kier alpha value is -4.49. The van der Waals surface area contributed by atoms with Gasteiger partial charge in [0.1, 0.15) is 11.9 Å². The van der Waals surface area contributed by atoms with Crippen molar-refractivity contribution in [2.24, 2.45) is 11.8 Å². The van der Waals surface area contributed by atoms with Crippen molar-refractivity contribution >= 4 is 11.9 Å². The zero-order valence-corrected chi connectivity index (χ0v) is 28.5. The third-order valence-electron chi connectivity index (χ3n) is 11.4. The van der Waals surface area contributed by atoms with Crippen LogP contribution in [0, 0.1) is 23.7 Å². The monoisotopic (exact) mass is 687 g/mol. The number of phenolic OH excluding ortho intramolecular Hbond substituents is 1. The van der Waals surface area contributed by atoms with Crippen LogP contribution < -0.4 is 14.8 Å². The molecule has 3 aromatic rings. The molecular formula is C40H42F3N2O5+. The number of nitrogens with one attached hydrogen (secondary N) is 1. The van der Waals surface area contributed by atoms with Crippen LogP contribution >= 0.6 is 0 Å². The van der Waals surface area contributed by atoms with Crippen molar-refractivity contribution in [2.75, 3.05) is 19.6 Å². The number of quaternary nitrogens is 1. The van der Waals surface area contributed by atoms with E-state index in [-0.39, 0.29) is 23.5 Å². The average molecular weight is 688 g/mol. The number of piperidine rings is 1. The topological polar surface area (TPSA) is 84.9 Å². The third kappa shape index (κ3) is 5.89. The summed E-state index contributed by atoms with van der Waals surface area (Å²) in [5.41, 5.74) is 2.02. The van der Waals surface area contributed by atoms with Gasteiger partial charge >= 0.3 is 12.1 Å². The highest BCUT2D eigenvalue weighted by Crippen LogP contribution is 2.66. The number of benzene rings is 3. The number of likely N-dealkylation sites (tertiary alicyclic amines) is 1. The predicted molar refractivity (Wildman–Crippen MR) is 180 cm³/mol. The van der Waals surface area contributed by atoms with Crippen molar-refractivity contribution in [1.29, 1.82) is 0 Å². The molecule has 6 atom stereocenters. The number of hydrogen-bond acceptors (Lipinski definition) is 5. The Kier molecular flexibility index (Phi) is 8.62. The largest absolute Gasteiger partial charge is 0.508 e. The zero-order chi connectivity index (χ0) is 35.4. The zero-order valence-electron chi connectivity index (χ0n) is 28.5. The molecule has 1 saturated carbocycles. The first-order chi connectivity index (χ1) is 23.8. The number of carbonyl (C=O) groups excluding carboxylic acids is 2. The lowest BCUT2D eigenvalue weighted by Gasteiger charge is -2.63. The predicted octanol–water partition coefficient (Wildman–Crippen LogP) is 6.33. The second-order valence-corrected chi connectivity index (χ2v) is 14.8. The summed E-state index contributed by atoms with van der Waals surface area (Å²) in [4.78, 5) is 25.5. The van der Waals surface area contributed by atoms with E-state index in [1.807, 2.05) is 6.07 Å². The van der Waals surface area contributed by atoms with Gasteiger partial charge in [0.2, 0.25) is 0 Å². The normalized spacial score (nSPS) is 27.4. The van der Waals surface area contributed by atoms with Crippen LogP contribution in [0.3, 0.4) is 0 Å². The van der Waals surface area contributed by atoms with Crippen LogP contribution in [0.5, 0.6) is 17.2 Å². The van der Waals surface area contributed by atoms with Crippen molar-refractivity contribution in [2.45, 2.75) is 82.7 Å². The number of amides is 1. The van der Waals surface area contributed by atoms with E-state index in [1.54, 1.807) is 0 Å². The number of esters is 1. The van der Waals surface area contributed by atoms with Crippen molar-refractivity contribution in [3.63, 3.8) is 0 Å². The molecule has 262 valence electrons. The molecule has 2 heterocycles. The van der Waals surface area contributed by atoms with E-state index in [9.17, 15) is 27.9 Å². The summed E-state index contributed by atoms with van der Waals surface area (Å²) >= 11 is 0. The lowest BCUT2D eigenvalue weighted by Crippen LogP contribution is -2.75. The van der Waals surface area contributed by atoms with Crippen LogP contribution in [0.2, 0.25) is 0 Å². The van der Waals surface area contributed by atoms with E-state index in [2.05, 4.69) is 55.3 Å². The van der Waals surface area contributed by atoms with Gasteiger partial charge in [-0.3, -0.25) is 9.59 Å². The first-order valence-electron chi connectivity index (χ1n) is 17.4. The lowest BCUT2D eigenvalue weighted by atomic mass is 9.50. The maximum Gasteiger partial charge on any atom is 0.416 e. The molecule has 2 fully saturated rings. The maximum absolute atomic E-state index is 13.3. The van der Waals surface area contributed by atoms with Crippen LogP contribution in [0.25, 0.3) is 0 Å². The quantitative estimate of drug-likeness (QED) is 0.131. The molecule has 2 aliphatic carbocycles. The second-order valence-electron chi connectivity index (χ2n) is 14.8. The highest BCUT2D eigenvalue weighted by molar-refractivity contribution is 5.94. The third-order valence-corrected chi connectivity index (χ3v) is 11.4. The molecule has 1 unspecified atom stereocenters. The number of rotatable bonds is 7. The standard InChI is InChI=1S/C40H41F3N2O5/c1-24(2)23-45(19-17-26-7-5-4-6-8-26)20-18-39-30-14-15-31(44-35(48)16-11-27-9-12-28(13-10-27)40(41,42)43)38(39)50-37-34(49-25(3)46)22-33(47)29(36(37)39)21-32(30)45/h4-10,12-13,22,24,30-32,38H,14-15,17-21,23H2,1-3H3,(H-,44,47,48)/p+1/t30-,31+,32+,38-,39-,45?/m0/s1. The number of aromatic hydroxyl groups is 1. The van der Waals surface area contributed by atoms with Gasteiger partial charge in [-0.1, -0.05) is 50.1 Å². The fraction of sp³-hybridized carbons (Fsp3) is 0.450. The van der Waals surface area contributed by atoms with E-state index >= 15 is 0 Å². The van der Waals surface area contributed by atoms with Gasteiger partial charge in [-0.2, -0.15) is 13.2 Å². The summed E-state index contributed by atoms with van der Waals surface area (Å²) in [7, 11) is 0. The van der Waals surface area contributed by atoms with Gasteiger partial charge < -0.3 is 24.4 Å². The van der Waals surface area contributed by atoms with Crippen LogP contribution in [-0.4, -0.2) is 59.3 Å². The molecule has 7 rings (SSSR count). The summed E-state index contributed by atoms with van der Waals surface area (Å²) < 4.78 is 52.4. The number of hydrogen-bond donors (Lipinski definition) is 2. The molecule has 1 spiro atoms. The van der Waals surface area contributed by atoms with Gasteiger partial charge in [-0.25, -0.2) is 0 Å². The highest BCUT2D eigenvalue weighted by Gasteiger charge is 2.70. The maximum atomic E-state index is 13.3. The first kappa shape index (κ1) is 34.0. The molecule has 7 nitrogen and oxygen atoms in total. The molecule has 0 radical (unpaired) electrons. The van der Waals surface area contributed by atoms with Crippen LogP contribution in [0.1, 0.15) is 67.9 Å². The minimum absolute atomic E-state index is 0.0910. The average Bonchev–Trinajstić information content (AvgIpc) is 3.42. The minimum Gasteiger partial charge on any atom is -0.508 e. The summed E-state index contributed by atoms with van der Waals surface area (Å²) in [6, 6.07) is 16.2. The van der Waals surface area contributed by atoms with Crippen LogP contribution in [0.4, 0.5) is 13.2 Å². The summed E-state index contributed by atoms with van der Waals surface area (Å²) in [5, 5.41) is 14.6. The van der Waals surface area contributed by atoms with E-state index in [0.29, 0.717) is 30.1 Å². The van der Waals surface area contributed by atoms with E-state index < -0.39 is 41.2 Å². The lowest BCUT2D eigenvalue weighted by molar-refractivity contribution is -0.964. The number of phenols is 1. The van der Waals surface area contributed by atoms with Gasteiger partial charge in [-0.15, -0.1) is 0 Å². The first-order valence-corrected chi connectivity index (χ1v) is 17.4. The van der Waals surface area contributed by atoms with Crippen molar-refractivity contribution in [3.8, 4) is 29.1 Å². The second kappa shape index (κ2) is 12.7. The van der Waals surface area contributed by atoms with Gasteiger partial charge in [0.05, 0.1) is 42.7 Å². The molecule has 10 heteroatoms. The number of nitrogens with zero attached hydrogens (tertiary/aromatic N) is 1. The Bertz CT molecular complexity index is 1870.